The summed E-state index contributed by atoms with van der Waals surface area (Å²) in [6, 6.07) is 8.51. The number of rotatable bonds is 7. The molecule has 1 saturated carbocycles. The van der Waals surface area contributed by atoms with Gasteiger partial charge >= 0.3 is 5.97 Å². The van der Waals surface area contributed by atoms with Crippen LogP contribution in [0, 0.1) is 5.92 Å². The van der Waals surface area contributed by atoms with Gasteiger partial charge in [-0.15, -0.1) is 0 Å². The summed E-state index contributed by atoms with van der Waals surface area (Å²) in [7, 11) is 3.13. The van der Waals surface area contributed by atoms with E-state index >= 15 is 0 Å². The summed E-state index contributed by atoms with van der Waals surface area (Å²) in [4.78, 5) is 18.8. The van der Waals surface area contributed by atoms with Crippen molar-refractivity contribution in [2.24, 2.45) is 5.92 Å². The van der Waals surface area contributed by atoms with Gasteiger partial charge in [-0.1, -0.05) is 30.3 Å². The number of hydrogen-bond donors (Lipinski definition) is 4. The Morgan fingerprint density at radius 2 is 2.00 bits per heavy atom. The molecule has 4 N–H and O–H groups in total. The Kier molecular flexibility index (Phi) is 5.38. The van der Waals surface area contributed by atoms with Crippen LogP contribution in [0.2, 0.25) is 0 Å². The number of carboxylic acid groups (broad SMARTS) is 1. The third-order valence-corrected chi connectivity index (χ3v) is 6.57. The van der Waals surface area contributed by atoms with Crippen molar-refractivity contribution in [3.63, 3.8) is 0 Å². The molecule has 0 saturated heterocycles. The third kappa shape index (κ3) is 2.85. The van der Waals surface area contributed by atoms with E-state index in [0.717, 1.165) is 0 Å². The van der Waals surface area contributed by atoms with Gasteiger partial charge in [-0.2, -0.15) is 0 Å². The van der Waals surface area contributed by atoms with Crippen molar-refractivity contribution >= 4 is 5.97 Å². The maximum absolute atomic E-state index is 13.0. The molecule has 2 aromatic rings. The first-order valence-corrected chi connectivity index (χ1v) is 10.0. The molecule has 0 bridgehead atoms. The average molecular weight is 430 g/mol. The summed E-state index contributed by atoms with van der Waals surface area (Å²) in [5, 5.41) is 43.3. The van der Waals surface area contributed by atoms with Crippen LogP contribution in [0.15, 0.2) is 42.7 Å². The predicted molar refractivity (Wildman–Crippen MR) is 109 cm³/mol. The van der Waals surface area contributed by atoms with Crippen molar-refractivity contribution in [3.8, 4) is 11.5 Å². The molecule has 31 heavy (non-hydrogen) atoms. The van der Waals surface area contributed by atoms with Gasteiger partial charge in [-0.3, -0.25) is 9.78 Å². The van der Waals surface area contributed by atoms with E-state index < -0.39 is 35.1 Å². The van der Waals surface area contributed by atoms with Crippen molar-refractivity contribution in [1.82, 2.24) is 9.88 Å². The Hall–Kier alpha value is -2.72. The molecule has 4 rings (SSSR count). The molecule has 9 heteroatoms. The summed E-state index contributed by atoms with van der Waals surface area (Å²) in [5.41, 5.74) is -3.22. The van der Waals surface area contributed by atoms with E-state index in [0.29, 0.717) is 5.56 Å². The zero-order chi connectivity index (χ0) is 22.4. The van der Waals surface area contributed by atoms with Gasteiger partial charge in [0.1, 0.15) is 16.9 Å². The van der Waals surface area contributed by atoms with Crippen molar-refractivity contribution < 1.29 is 34.7 Å². The van der Waals surface area contributed by atoms with E-state index in [1.165, 1.54) is 19.5 Å². The molecule has 166 valence electrons. The monoisotopic (exact) mass is 430 g/mol. The largest absolute Gasteiger partial charge is 0.495 e. The number of ether oxygens (including phenoxy) is 2. The zero-order valence-corrected chi connectivity index (χ0v) is 17.3. The van der Waals surface area contributed by atoms with Crippen molar-refractivity contribution in [3.05, 3.63) is 53.9 Å². The number of aromatic nitrogens is 1. The fraction of sp³-hybridized carbons (Fsp3) is 0.455. The second-order valence-corrected chi connectivity index (χ2v) is 8.12. The number of nitrogens with zero attached hydrogens (tertiary/aromatic N) is 2. The molecule has 1 aliphatic heterocycles. The predicted octanol–water partition coefficient (Wildman–Crippen LogP) is -0.0238. The molecule has 0 spiro atoms. The van der Waals surface area contributed by atoms with Crippen LogP contribution in [0.25, 0.3) is 0 Å². The van der Waals surface area contributed by atoms with Crippen LogP contribution >= 0.6 is 0 Å². The Labute approximate surface area is 179 Å². The lowest BCUT2D eigenvalue weighted by atomic mass is 9.69. The Bertz CT molecular complexity index is 972. The highest BCUT2D eigenvalue weighted by atomic mass is 16.5. The SMILES string of the molecule is COc1cncc2c1[C@]1(O)[C@H](O)[C@H](CN(C)CCO)C(C(=O)O)(c3ccccc3)[C@H]1O2. The summed E-state index contributed by atoms with van der Waals surface area (Å²) >= 11 is 0. The minimum absolute atomic E-state index is 0.105. The van der Waals surface area contributed by atoms with Gasteiger partial charge in [0.25, 0.3) is 0 Å². The van der Waals surface area contributed by atoms with E-state index in [1.54, 1.807) is 42.3 Å². The van der Waals surface area contributed by atoms with Gasteiger partial charge in [0.05, 0.1) is 37.8 Å². The molecule has 5 atom stereocenters. The summed E-state index contributed by atoms with van der Waals surface area (Å²) in [5.74, 6) is -1.79. The van der Waals surface area contributed by atoms with Crippen molar-refractivity contribution in [2.45, 2.75) is 23.2 Å². The molecule has 2 aliphatic rings. The van der Waals surface area contributed by atoms with Crippen LogP contribution in [0.3, 0.4) is 0 Å². The summed E-state index contributed by atoms with van der Waals surface area (Å²) in [6.07, 6.45) is -0.0420. The van der Waals surface area contributed by atoms with Crippen LogP contribution in [-0.4, -0.2) is 82.3 Å². The topological polar surface area (TPSA) is 133 Å². The number of carbonyl (C=O) groups is 1. The first kappa shape index (κ1) is 21.5. The van der Waals surface area contributed by atoms with Gasteiger partial charge in [-0.05, 0) is 12.6 Å². The molecule has 2 heterocycles. The quantitative estimate of drug-likeness (QED) is 0.478. The molecular formula is C22H26N2O7. The number of aliphatic carboxylic acids is 1. The second kappa shape index (κ2) is 7.76. The van der Waals surface area contributed by atoms with Gasteiger partial charge in [-0.25, -0.2) is 0 Å². The maximum atomic E-state index is 13.0. The molecule has 9 nitrogen and oxygen atoms in total. The minimum Gasteiger partial charge on any atom is -0.495 e. The first-order chi connectivity index (χ1) is 14.8. The van der Waals surface area contributed by atoms with Crippen LogP contribution in [0.1, 0.15) is 11.1 Å². The number of likely N-dealkylation sites (N-methyl/N-ethyl adjacent to an activating group) is 1. The number of carboxylic acids is 1. The normalized spacial score (nSPS) is 31.2. The number of fused-ring (bicyclic) bond motifs is 3. The number of hydrogen-bond acceptors (Lipinski definition) is 8. The van der Waals surface area contributed by atoms with Gasteiger partial charge < -0.3 is 34.8 Å². The summed E-state index contributed by atoms with van der Waals surface area (Å²) < 4.78 is 11.4. The lowest BCUT2D eigenvalue weighted by Gasteiger charge is -2.37. The molecule has 1 aromatic carbocycles. The zero-order valence-electron chi connectivity index (χ0n) is 17.3. The molecule has 1 fully saturated rings. The number of aliphatic hydroxyl groups is 3. The van der Waals surface area contributed by atoms with E-state index in [2.05, 4.69) is 4.98 Å². The van der Waals surface area contributed by atoms with Crippen LogP contribution in [-0.2, 0) is 15.8 Å². The second-order valence-electron chi connectivity index (χ2n) is 8.12. The van der Waals surface area contributed by atoms with Crippen LogP contribution in [0.5, 0.6) is 11.5 Å². The van der Waals surface area contributed by atoms with Gasteiger partial charge in [0.15, 0.2) is 11.7 Å². The highest BCUT2D eigenvalue weighted by Crippen LogP contribution is 2.62. The smallest absolute Gasteiger partial charge is 0.318 e. The number of aliphatic hydroxyl groups excluding tert-OH is 2. The first-order valence-electron chi connectivity index (χ1n) is 10.0. The fourth-order valence-electron chi connectivity index (χ4n) is 5.22. The highest BCUT2D eigenvalue weighted by Gasteiger charge is 2.76. The van der Waals surface area contributed by atoms with Crippen molar-refractivity contribution in [2.75, 3.05) is 33.9 Å². The molecule has 1 aliphatic carbocycles. The standard InChI is InChI=1S/C22H26N2O7/c1-24(8-9-25)12-14-18(26)22(29)17-15(30-2)10-23-11-16(17)31-19(22)21(14,20(27)28)13-6-4-3-5-7-13/h3-7,10-11,14,18-19,25-26,29H,8-9,12H2,1-2H3,(H,27,28)/t14-,18+,19+,21?,22-/m0/s1. The fourth-order valence-corrected chi connectivity index (χ4v) is 5.22. The van der Waals surface area contributed by atoms with Crippen molar-refractivity contribution in [1.29, 1.82) is 0 Å². The number of methoxy groups -OCH3 is 1. The third-order valence-electron chi connectivity index (χ3n) is 6.57. The van der Waals surface area contributed by atoms with E-state index in [-0.39, 0.29) is 36.8 Å². The minimum atomic E-state index is -2.04. The molecule has 0 radical (unpaired) electrons. The maximum Gasteiger partial charge on any atom is 0.318 e. The summed E-state index contributed by atoms with van der Waals surface area (Å²) in [6.45, 7) is 0.257. The highest BCUT2D eigenvalue weighted by molar-refractivity contribution is 5.85. The van der Waals surface area contributed by atoms with E-state index in [9.17, 15) is 25.2 Å². The Morgan fingerprint density at radius 1 is 1.29 bits per heavy atom. The lowest BCUT2D eigenvalue weighted by Crippen LogP contribution is -2.54. The Morgan fingerprint density at radius 3 is 2.61 bits per heavy atom. The molecule has 0 amide bonds. The lowest BCUT2D eigenvalue weighted by molar-refractivity contribution is -0.152. The average Bonchev–Trinajstić information content (AvgIpc) is 3.16. The molecule has 1 aromatic heterocycles. The van der Waals surface area contributed by atoms with E-state index in [1.807, 2.05) is 0 Å². The van der Waals surface area contributed by atoms with Gasteiger partial charge in [0.2, 0.25) is 0 Å². The molecular weight excluding hydrogens is 404 g/mol. The number of benzene rings is 1. The Balaban J connectivity index is 1.97. The van der Waals surface area contributed by atoms with Crippen LogP contribution in [0.4, 0.5) is 0 Å². The van der Waals surface area contributed by atoms with E-state index in [4.69, 9.17) is 9.47 Å². The number of pyridine rings is 1. The van der Waals surface area contributed by atoms with Crippen LogP contribution < -0.4 is 9.47 Å². The molecule has 1 unspecified atom stereocenters. The van der Waals surface area contributed by atoms with Gasteiger partial charge in [0, 0.05) is 19.0 Å².